The van der Waals surface area contributed by atoms with Gasteiger partial charge in [0, 0.05) is 6.54 Å². The van der Waals surface area contributed by atoms with Crippen molar-refractivity contribution in [1.82, 2.24) is 9.55 Å². The Bertz CT molecular complexity index is 315. The van der Waals surface area contributed by atoms with Crippen LogP contribution in [-0.2, 0) is 11.3 Å². The number of nitrogens with zero attached hydrogens (tertiary/aromatic N) is 2. The Kier molecular flexibility index (Phi) is 2.28. The van der Waals surface area contributed by atoms with Crippen LogP contribution < -0.4 is 0 Å². The summed E-state index contributed by atoms with van der Waals surface area (Å²) < 4.78 is 1.73. The van der Waals surface area contributed by atoms with Crippen molar-refractivity contribution in [1.29, 1.82) is 0 Å². The van der Waals surface area contributed by atoms with Crippen LogP contribution in [0.3, 0.4) is 0 Å². The first-order chi connectivity index (χ1) is 5.66. The van der Waals surface area contributed by atoms with Crippen LogP contribution in [0.4, 0.5) is 0 Å². The summed E-state index contributed by atoms with van der Waals surface area (Å²) in [5.74, 6) is -1.01. The molecular formula is C8H10N2O2. The molecule has 0 aliphatic heterocycles. The van der Waals surface area contributed by atoms with Gasteiger partial charge >= 0.3 is 5.97 Å². The lowest BCUT2D eigenvalue weighted by Gasteiger charge is -2.02. The number of carboxylic acids is 1. The van der Waals surface area contributed by atoms with Gasteiger partial charge in [-0.05, 0) is 6.92 Å². The summed E-state index contributed by atoms with van der Waals surface area (Å²) in [6.07, 6.45) is 3.09. The zero-order chi connectivity index (χ0) is 9.14. The van der Waals surface area contributed by atoms with E-state index in [1.807, 2.05) is 6.92 Å². The van der Waals surface area contributed by atoms with Crippen LogP contribution in [-0.4, -0.2) is 20.6 Å². The van der Waals surface area contributed by atoms with Crippen molar-refractivity contribution in [3.05, 3.63) is 24.8 Å². The third kappa shape index (κ3) is 1.37. The SMILES string of the molecule is C=C(C(=O)O)c1cncn1CC. The predicted octanol–water partition coefficient (Wildman–Crippen LogP) is 1.00. The van der Waals surface area contributed by atoms with Crippen LogP contribution in [0.2, 0.25) is 0 Å². The molecule has 0 radical (unpaired) electrons. The first-order valence-electron chi connectivity index (χ1n) is 3.59. The van der Waals surface area contributed by atoms with Crippen molar-refractivity contribution in [3.63, 3.8) is 0 Å². The van der Waals surface area contributed by atoms with E-state index in [1.54, 1.807) is 10.9 Å². The fourth-order valence-corrected chi connectivity index (χ4v) is 0.934. The van der Waals surface area contributed by atoms with Gasteiger partial charge in [-0.15, -0.1) is 0 Å². The molecular weight excluding hydrogens is 156 g/mol. The second-order valence-electron chi connectivity index (χ2n) is 2.35. The monoisotopic (exact) mass is 166 g/mol. The van der Waals surface area contributed by atoms with Gasteiger partial charge in [0.15, 0.2) is 0 Å². The van der Waals surface area contributed by atoms with E-state index >= 15 is 0 Å². The topological polar surface area (TPSA) is 55.1 Å². The molecule has 0 amide bonds. The minimum Gasteiger partial charge on any atom is -0.478 e. The number of rotatable bonds is 3. The molecule has 64 valence electrons. The fourth-order valence-electron chi connectivity index (χ4n) is 0.934. The van der Waals surface area contributed by atoms with Gasteiger partial charge in [-0.2, -0.15) is 0 Å². The van der Waals surface area contributed by atoms with Crippen LogP contribution in [0, 0.1) is 0 Å². The summed E-state index contributed by atoms with van der Waals surface area (Å²) >= 11 is 0. The van der Waals surface area contributed by atoms with Crippen molar-refractivity contribution in [2.75, 3.05) is 0 Å². The van der Waals surface area contributed by atoms with Gasteiger partial charge in [0.1, 0.15) is 0 Å². The highest BCUT2D eigenvalue weighted by Crippen LogP contribution is 2.11. The van der Waals surface area contributed by atoms with Crippen molar-refractivity contribution in [2.45, 2.75) is 13.5 Å². The predicted molar refractivity (Wildman–Crippen MR) is 44.6 cm³/mol. The van der Waals surface area contributed by atoms with Crippen LogP contribution in [0.5, 0.6) is 0 Å². The van der Waals surface area contributed by atoms with Crippen LogP contribution in [0.1, 0.15) is 12.6 Å². The van der Waals surface area contributed by atoms with Gasteiger partial charge in [0.05, 0.1) is 23.8 Å². The lowest BCUT2D eigenvalue weighted by atomic mass is 10.2. The van der Waals surface area contributed by atoms with Crippen molar-refractivity contribution >= 4 is 11.5 Å². The Morgan fingerprint density at radius 2 is 2.50 bits per heavy atom. The lowest BCUT2D eigenvalue weighted by molar-refractivity contribution is -0.130. The first-order valence-corrected chi connectivity index (χ1v) is 3.59. The normalized spacial score (nSPS) is 9.75. The molecule has 0 saturated carbocycles. The summed E-state index contributed by atoms with van der Waals surface area (Å²) in [4.78, 5) is 14.4. The van der Waals surface area contributed by atoms with Gasteiger partial charge in [0.2, 0.25) is 0 Å². The minimum atomic E-state index is -1.01. The van der Waals surface area contributed by atoms with E-state index in [-0.39, 0.29) is 5.57 Å². The highest BCUT2D eigenvalue weighted by molar-refractivity contribution is 6.13. The van der Waals surface area contributed by atoms with Crippen molar-refractivity contribution in [3.8, 4) is 0 Å². The number of carbonyl (C=O) groups is 1. The second-order valence-corrected chi connectivity index (χ2v) is 2.35. The summed E-state index contributed by atoms with van der Waals surface area (Å²) in [5, 5.41) is 8.63. The summed E-state index contributed by atoms with van der Waals surface area (Å²) in [5.41, 5.74) is 0.638. The van der Waals surface area contributed by atoms with E-state index in [1.165, 1.54) is 6.20 Å². The highest BCUT2D eigenvalue weighted by atomic mass is 16.4. The minimum absolute atomic E-state index is 0.0781. The molecule has 1 aromatic heterocycles. The Labute approximate surface area is 70.2 Å². The van der Waals surface area contributed by atoms with E-state index in [9.17, 15) is 4.79 Å². The zero-order valence-electron chi connectivity index (χ0n) is 6.82. The molecule has 1 N–H and O–H groups in total. The first kappa shape index (κ1) is 8.52. The lowest BCUT2D eigenvalue weighted by Crippen LogP contribution is -2.04. The average Bonchev–Trinajstić information content (AvgIpc) is 2.49. The van der Waals surface area contributed by atoms with E-state index in [0.29, 0.717) is 12.2 Å². The molecule has 0 aromatic carbocycles. The third-order valence-corrected chi connectivity index (χ3v) is 1.62. The third-order valence-electron chi connectivity index (χ3n) is 1.62. The highest BCUT2D eigenvalue weighted by Gasteiger charge is 2.10. The standard InChI is InChI=1S/C8H10N2O2/c1-3-10-5-9-4-7(10)6(2)8(11)12/h4-5H,2-3H2,1H3,(H,11,12). The number of aliphatic carboxylic acids is 1. The van der Waals surface area contributed by atoms with Gasteiger partial charge < -0.3 is 9.67 Å². The Morgan fingerprint density at radius 1 is 1.83 bits per heavy atom. The van der Waals surface area contributed by atoms with Gasteiger partial charge in [-0.25, -0.2) is 9.78 Å². The van der Waals surface area contributed by atoms with Crippen molar-refractivity contribution in [2.24, 2.45) is 0 Å². The molecule has 0 aliphatic carbocycles. The summed E-state index contributed by atoms with van der Waals surface area (Å²) in [6, 6.07) is 0. The van der Waals surface area contributed by atoms with E-state index < -0.39 is 5.97 Å². The molecule has 0 saturated heterocycles. The zero-order valence-corrected chi connectivity index (χ0v) is 6.82. The van der Waals surface area contributed by atoms with Crippen LogP contribution in [0.15, 0.2) is 19.1 Å². The molecule has 1 rings (SSSR count). The Morgan fingerprint density at radius 3 is 3.00 bits per heavy atom. The quantitative estimate of drug-likeness (QED) is 0.681. The van der Waals surface area contributed by atoms with Crippen LogP contribution >= 0.6 is 0 Å². The number of carboxylic acid groups (broad SMARTS) is 1. The number of hydrogen-bond donors (Lipinski definition) is 1. The summed E-state index contributed by atoms with van der Waals surface area (Å²) in [7, 11) is 0. The van der Waals surface area contributed by atoms with E-state index in [0.717, 1.165) is 0 Å². The molecule has 0 fully saturated rings. The molecule has 1 heterocycles. The van der Waals surface area contributed by atoms with Gasteiger partial charge in [-0.1, -0.05) is 6.58 Å². The maximum absolute atomic E-state index is 10.5. The number of hydrogen-bond acceptors (Lipinski definition) is 2. The molecule has 4 nitrogen and oxygen atoms in total. The number of aromatic nitrogens is 2. The average molecular weight is 166 g/mol. The Balaban J connectivity index is 3.02. The molecule has 0 unspecified atom stereocenters. The molecule has 0 aliphatic rings. The van der Waals surface area contributed by atoms with Crippen molar-refractivity contribution < 1.29 is 9.90 Å². The van der Waals surface area contributed by atoms with Gasteiger partial charge in [-0.3, -0.25) is 0 Å². The molecule has 0 spiro atoms. The largest absolute Gasteiger partial charge is 0.478 e. The number of aryl methyl sites for hydroxylation is 1. The second kappa shape index (κ2) is 3.21. The molecule has 4 heteroatoms. The maximum Gasteiger partial charge on any atom is 0.337 e. The molecule has 0 bridgehead atoms. The van der Waals surface area contributed by atoms with E-state index in [4.69, 9.17) is 5.11 Å². The molecule has 1 aromatic rings. The fraction of sp³-hybridized carbons (Fsp3) is 0.250. The van der Waals surface area contributed by atoms with Gasteiger partial charge in [0.25, 0.3) is 0 Å². The van der Waals surface area contributed by atoms with E-state index in [2.05, 4.69) is 11.6 Å². The van der Waals surface area contributed by atoms with Crippen LogP contribution in [0.25, 0.3) is 5.57 Å². The maximum atomic E-state index is 10.5. The summed E-state index contributed by atoms with van der Waals surface area (Å²) in [6.45, 7) is 6.06. The molecule has 0 atom stereocenters. The number of imidazole rings is 1. The Hall–Kier alpha value is -1.58. The molecule has 12 heavy (non-hydrogen) atoms. The smallest absolute Gasteiger partial charge is 0.337 e.